The molecule has 0 aliphatic carbocycles. The first-order valence-electron chi connectivity index (χ1n) is 11.9. The van der Waals surface area contributed by atoms with E-state index in [1.54, 1.807) is 24.3 Å². The summed E-state index contributed by atoms with van der Waals surface area (Å²) >= 11 is 0. The number of rotatable bonds is 17. The first kappa shape index (κ1) is 27.3. The molecule has 1 aliphatic rings. The van der Waals surface area contributed by atoms with E-state index >= 15 is 0 Å². The summed E-state index contributed by atoms with van der Waals surface area (Å²) in [5, 5.41) is 2.62. The summed E-state index contributed by atoms with van der Waals surface area (Å²) in [6, 6.07) is 16.2. The minimum atomic E-state index is -0.483. The van der Waals surface area contributed by atoms with Crippen molar-refractivity contribution in [3.63, 3.8) is 0 Å². The molecule has 1 N–H and O–H groups in total. The van der Waals surface area contributed by atoms with Crippen LogP contribution < -0.4 is 5.32 Å². The number of nitrogens with one attached hydrogen (secondary N) is 1. The number of hydrogen-bond donors (Lipinski definition) is 1. The van der Waals surface area contributed by atoms with Gasteiger partial charge in [0, 0.05) is 6.54 Å². The molecule has 0 spiro atoms. The lowest BCUT2D eigenvalue weighted by Gasteiger charge is -2.13. The van der Waals surface area contributed by atoms with Crippen molar-refractivity contribution < 1.29 is 38.1 Å². The van der Waals surface area contributed by atoms with Crippen molar-refractivity contribution in [1.29, 1.82) is 0 Å². The third-order valence-corrected chi connectivity index (χ3v) is 5.18. The Balaban J connectivity index is 1.06. The van der Waals surface area contributed by atoms with Gasteiger partial charge in [-0.3, -0.25) is 14.5 Å². The number of alkyl carbamates (subject to hydrolysis) is 1. The quantitative estimate of drug-likeness (QED) is 0.260. The van der Waals surface area contributed by atoms with Gasteiger partial charge in [0.25, 0.3) is 11.8 Å². The maximum absolute atomic E-state index is 12.2. The number of imide groups is 1. The van der Waals surface area contributed by atoms with E-state index in [0.717, 1.165) is 5.56 Å². The van der Waals surface area contributed by atoms with Gasteiger partial charge in [-0.15, -0.1) is 0 Å². The monoisotopic (exact) mass is 500 g/mol. The van der Waals surface area contributed by atoms with E-state index in [1.165, 1.54) is 4.90 Å². The molecule has 10 nitrogen and oxygen atoms in total. The number of hydrogen-bond acceptors (Lipinski definition) is 8. The Hall–Kier alpha value is -3.31. The Morgan fingerprint density at radius 1 is 0.667 bits per heavy atom. The van der Waals surface area contributed by atoms with Gasteiger partial charge in [-0.25, -0.2) is 4.79 Å². The lowest BCUT2D eigenvalue weighted by Crippen LogP contribution is -2.33. The molecule has 2 aromatic rings. The fourth-order valence-corrected chi connectivity index (χ4v) is 3.36. The lowest BCUT2D eigenvalue weighted by atomic mass is 10.1. The van der Waals surface area contributed by atoms with E-state index < -0.39 is 6.09 Å². The van der Waals surface area contributed by atoms with Gasteiger partial charge < -0.3 is 29.0 Å². The number of amides is 3. The molecular weight excluding hydrogens is 468 g/mol. The van der Waals surface area contributed by atoms with Crippen molar-refractivity contribution in [2.24, 2.45) is 0 Å². The third-order valence-electron chi connectivity index (χ3n) is 5.18. The van der Waals surface area contributed by atoms with Gasteiger partial charge in [-0.2, -0.15) is 0 Å². The van der Waals surface area contributed by atoms with E-state index in [4.69, 9.17) is 23.7 Å². The maximum atomic E-state index is 12.2. The molecule has 0 unspecified atom stereocenters. The van der Waals surface area contributed by atoms with Gasteiger partial charge in [0.15, 0.2) is 0 Å². The summed E-state index contributed by atoms with van der Waals surface area (Å²) < 4.78 is 26.8. The molecule has 0 aromatic heterocycles. The van der Waals surface area contributed by atoms with Crippen LogP contribution in [0.5, 0.6) is 0 Å². The first-order chi connectivity index (χ1) is 17.7. The fourth-order valence-electron chi connectivity index (χ4n) is 3.36. The van der Waals surface area contributed by atoms with Gasteiger partial charge in [-0.05, 0) is 17.7 Å². The minimum absolute atomic E-state index is 0.208. The largest absolute Gasteiger partial charge is 0.445 e. The molecule has 1 aliphatic heterocycles. The zero-order chi connectivity index (χ0) is 25.4. The second-order valence-electron chi connectivity index (χ2n) is 7.75. The molecule has 3 rings (SSSR count). The Bertz CT molecular complexity index is 934. The number of benzene rings is 2. The topological polar surface area (TPSA) is 113 Å². The molecule has 0 fully saturated rings. The zero-order valence-electron chi connectivity index (χ0n) is 20.2. The summed E-state index contributed by atoms with van der Waals surface area (Å²) in [6.07, 6.45) is -0.483. The SMILES string of the molecule is O=C(NCCOCCOCCOCCOCCN1C(=O)c2ccccc2C1=O)OCc1ccccc1. The Morgan fingerprint density at radius 2 is 1.17 bits per heavy atom. The van der Waals surface area contributed by atoms with Gasteiger partial charge >= 0.3 is 6.09 Å². The van der Waals surface area contributed by atoms with Crippen LogP contribution in [-0.2, 0) is 30.3 Å². The average molecular weight is 501 g/mol. The highest BCUT2D eigenvalue weighted by molar-refractivity contribution is 6.21. The maximum Gasteiger partial charge on any atom is 0.407 e. The molecule has 194 valence electrons. The molecule has 0 atom stereocenters. The van der Waals surface area contributed by atoms with Crippen molar-refractivity contribution >= 4 is 17.9 Å². The molecule has 0 saturated carbocycles. The summed E-state index contributed by atoms with van der Waals surface area (Å²) in [5.74, 6) is -0.566. The van der Waals surface area contributed by atoms with Crippen LogP contribution in [0.15, 0.2) is 54.6 Å². The Labute approximate surface area is 210 Å². The minimum Gasteiger partial charge on any atom is -0.445 e. The number of nitrogens with zero attached hydrogens (tertiary/aromatic N) is 1. The Morgan fingerprint density at radius 3 is 1.75 bits per heavy atom. The van der Waals surface area contributed by atoms with E-state index in [2.05, 4.69) is 5.32 Å². The predicted octanol–water partition coefficient (Wildman–Crippen LogP) is 2.28. The lowest BCUT2D eigenvalue weighted by molar-refractivity contribution is -0.00293. The molecule has 0 radical (unpaired) electrons. The van der Waals surface area contributed by atoms with Crippen LogP contribution in [-0.4, -0.2) is 88.8 Å². The van der Waals surface area contributed by atoms with Gasteiger partial charge in [0.05, 0.1) is 70.5 Å². The normalized spacial score (nSPS) is 12.6. The molecule has 0 bridgehead atoms. The van der Waals surface area contributed by atoms with E-state index in [0.29, 0.717) is 63.9 Å². The van der Waals surface area contributed by atoms with Gasteiger partial charge in [0.1, 0.15) is 6.61 Å². The van der Waals surface area contributed by atoms with Crippen LogP contribution in [0.2, 0.25) is 0 Å². The van der Waals surface area contributed by atoms with Crippen LogP contribution in [0, 0.1) is 0 Å². The zero-order valence-corrected chi connectivity index (χ0v) is 20.2. The van der Waals surface area contributed by atoms with Crippen molar-refractivity contribution in [3.8, 4) is 0 Å². The predicted molar refractivity (Wildman–Crippen MR) is 130 cm³/mol. The molecule has 2 aromatic carbocycles. The van der Waals surface area contributed by atoms with Crippen LogP contribution in [0.4, 0.5) is 4.79 Å². The summed E-state index contributed by atoms with van der Waals surface area (Å²) in [5.41, 5.74) is 1.80. The van der Waals surface area contributed by atoms with E-state index in [-0.39, 0.29) is 31.6 Å². The second kappa shape index (κ2) is 15.6. The molecule has 36 heavy (non-hydrogen) atoms. The summed E-state index contributed by atoms with van der Waals surface area (Å²) in [4.78, 5) is 37.3. The molecule has 3 amide bonds. The average Bonchev–Trinajstić information content (AvgIpc) is 3.15. The highest BCUT2D eigenvalue weighted by atomic mass is 16.6. The number of carbonyl (C=O) groups is 3. The van der Waals surface area contributed by atoms with Crippen molar-refractivity contribution in [2.45, 2.75) is 6.61 Å². The highest BCUT2D eigenvalue weighted by Crippen LogP contribution is 2.21. The standard InChI is InChI=1S/C26H32N2O8/c29-24-22-8-4-5-9-23(22)25(30)28(24)11-13-33-15-17-35-19-18-34-16-14-32-12-10-27-26(31)36-20-21-6-2-1-3-7-21/h1-9H,10-20H2,(H,27,31). The number of ether oxygens (including phenoxy) is 5. The van der Waals surface area contributed by atoms with Gasteiger partial charge in [0.2, 0.25) is 0 Å². The van der Waals surface area contributed by atoms with Crippen LogP contribution in [0.25, 0.3) is 0 Å². The van der Waals surface area contributed by atoms with E-state index in [1.807, 2.05) is 30.3 Å². The molecule has 0 saturated heterocycles. The number of fused-ring (bicyclic) bond motifs is 1. The molecule has 1 heterocycles. The van der Waals surface area contributed by atoms with Gasteiger partial charge in [-0.1, -0.05) is 42.5 Å². The van der Waals surface area contributed by atoms with Crippen molar-refractivity contribution in [3.05, 3.63) is 71.3 Å². The Kier molecular flexibility index (Phi) is 11.8. The number of carbonyl (C=O) groups excluding carboxylic acids is 3. The second-order valence-corrected chi connectivity index (χ2v) is 7.75. The van der Waals surface area contributed by atoms with Crippen molar-refractivity contribution in [1.82, 2.24) is 10.2 Å². The fraction of sp³-hybridized carbons (Fsp3) is 0.423. The summed E-state index contributed by atoms with van der Waals surface area (Å²) in [6.45, 7) is 3.79. The molecular formula is C26H32N2O8. The smallest absolute Gasteiger partial charge is 0.407 e. The first-order valence-corrected chi connectivity index (χ1v) is 11.9. The van der Waals surface area contributed by atoms with Crippen molar-refractivity contribution in [2.75, 3.05) is 65.9 Å². The van der Waals surface area contributed by atoms with Crippen LogP contribution in [0.1, 0.15) is 26.3 Å². The van der Waals surface area contributed by atoms with Crippen LogP contribution in [0.3, 0.4) is 0 Å². The van der Waals surface area contributed by atoms with E-state index in [9.17, 15) is 14.4 Å². The third kappa shape index (κ3) is 9.04. The summed E-state index contributed by atoms with van der Waals surface area (Å²) in [7, 11) is 0. The highest BCUT2D eigenvalue weighted by Gasteiger charge is 2.34. The molecule has 10 heteroatoms. The van der Waals surface area contributed by atoms with Crippen LogP contribution >= 0.6 is 0 Å².